The van der Waals surface area contributed by atoms with Crippen molar-refractivity contribution in [3.8, 4) is 0 Å². The maximum absolute atomic E-state index is 12.8. The molecule has 2 aromatic carbocycles. The fraction of sp³-hybridized carbons (Fsp3) is 0.0714. The summed E-state index contributed by atoms with van der Waals surface area (Å²) in [6.45, 7) is 0.490. The molecule has 0 saturated heterocycles. The van der Waals surface area contributed by atoms with Gasteiger partial charge in [0.25, 0.3) is 0 Å². The van der Waals surface area contributed by atoms with Gasteiger partial charge < -0.3 is 10.6 Å². The highest BCUT2D eigenvalue weighted by Crippen LogP contribution is 2.25. The summed E-state index contributed by atoms with van der Waals surface area (Å²) in [6.07, 6.45) is 0. The van der Waals surface area contributed by atoms with Gasteiger partial charge in [-0.25, -0.2) is 4.39 Å². The van der Waals surface area contributed by atoms with Crippen LogP contribution in [0.3, 0.4) is 0 Å². The summed E-state index contributed by atoms with van der Waals surface area (Å²) in [5.41, 5.74) is 1.56. The van der Waals surface area contributed by atoms with Crippen molar-refractivity contribution in [2.75, 3.05) is 5.32 Å². The molecule has 0 aliphatic carbocycles. The van der Waals surface area contributed by atoms with Crippen molar-refractivity contribution < 1.29 is 4.39 Å². The Balaban J connectivity index is 1.92. The van der Waals surface area contributed by atoms with Gasteiger partial charge in [0.2, 0.25) is 0 Å². The van der Waals surface area contributed by atoms with Crippen molar-refractivity contribution >= 4 is 46.2 Å². The van der Waals surface area contributed by atoms with Crippen molar-refractivity contribution in [2.45, 2.75) is 6.54 Å². The predicted octanol–water partition coefficient (Wildman–Crippen LogP) is 4.62. The van der Waals surface area contributed by atoms with E-state index in [1.54, 1.807) is 30.3 Å². The lowest BCUT2D eigenvalue weighted by atomic mass is 10.2. The van der Waals surface area contributed by atoms with Gasteiger partial charge in [0.15, 0.2) is 5.11 Å². The van der Waals surface area contributed by atoms with E-state index in [2.05, 4.69) is 10.6 Å². The van der Waals surface area contributed by atoms with Crippen LogP contribution in [0.4, 0.5) is 10.1 Å². The average Bonchev–Trinajstić information content (AvgIpc) is 2.42. The van der Waals surface area contributed by atoms with Crippen LogP contribution in [0.1, 0.15) is 5.56 Å². The van der Waals surface area contributed by atoms with Crippen LogP contribution in [-0.2, 0) is 6.54 Å². The van der Waals surface area contributed by atoms with Gasteiger partial charge in [-0.15, -0.1) is 0 Å². The molecule has 0 atom stereocenters. The first kappa shape index (κ1) is 15.0. The Morgan fingerprint density at radius 2 is 1.80 bits per heavy atom. The van der Waals surface area contributed by atoms with Gasteiger partial charge >= 0.3 is 0 Å². The third-order valence-corrected chi connectivity index (χ3v) is 3.35. The van der Waals surface area contributed by atoms with E-state index in [-0.39, 0.29) is 5.82 Å². The Bertz CT molecular complexity index is 617. The van der Waals surface area contributed by atoms with Gasteiger partial charge in [-0.05, 0) is 48.1 Å². The van der Waals surface area contributed by atoms with E-state index in [0.29, 0.717) is 27.4 Å². The summed E-state index contributed by atoms with van der Waals surface area (Å²) in [6, 6.07) is 11.3. The van der Waals surface area contributed by atoms with Crippen molar-refractivity contribution in [3.05, 3.63) is 63.9 Å². The van der Waals surface area contributed by atoms with E-state index in [0.717, 1.165) is 5.56 Å². The molecule has 104 valence electrons. The first-order chi connectivity index (χ1) is 9.54. The highest BCUT2D eigenvalue weighted by molar-refractivity contribution is 7.80. The Morgan fingerprint density at radius 3 is 2.50 bits per heavy atom. The van der Waals surface area contributed by atoms with E-state index < -0.39 is 0 Å². The number of hydrogen-bond acceptors (Lipinski definition) is 1. The maximum atomic E-state index is 12.8. The number of rotatable bonds is 3. The predicted molar refractivity (Wildman–Crippen MR) is 85.9 cm³/mol. The molecule has 6 heteroatoms. The van der Waals surface area contributed by atoms with Crippen LogP contribution in [0, 0.1) is 5.82 Å². The minimum absolute atomic E-state index is 0.264. The van der Waals surface area contributed by atoms with Gasteiger partial charge in [-0.1, -0.05) is 35.3 Å². The fourth-order valence-corrected chi connectivity index (χ4v) is 2.06. The minimum atomic E-state index is -0.264. The first-order valence-electron chi connectivity index (χ1n) is 5.79. The molecule has 0 saturated carbocycles. The first-order valence-corrected chi connectivity index (χ1v) is 6.95. The number of hydrogen-bond donors (Lipinski definition) is 2. The molecule has 0 amide bonds. The van der Waals surface area contributed by atoms with Crippen molar-refractivity contribution in [3.63, 3.8) is 0 Å². The van der Waals surface area contributed by atoms with Crippen LogP contribution < -0.4 is 10.6 Å². The zero-order chi connectivity index (χ0) is 14.5. The van der Waals surface area contributed by atoms with Crippen LogP contribution in [0.25, 0.3) is 0 Å². The lowest BCUT2D eigenvalue weighted by Gasteiger charge is -2.12. The van der Waals surface area contributed by atoms with Crippen molar-refractivity contribution in [1.82, 2.24) is 5.32 Å². The van der Waals surface area contributed by atoms with Gasteiger partial charge in [0, 0.05) is 11.6 Å². The Kier molecular flexibility index (Phi) is 5.17. The molecule has 0 aliphatic rings. The number of thiocarbonyl (C=S) groups is 1. The summed E-state index contributed by atoms with van der Waals surface area (Å²) in [4.78, 5) is 0. The van der Waals surface area contributed by atoms with Crippen LogP contribution >= 0.6 is 35.4 Å². The smallest absolute Gasteiger partial charge is 0.171 e. The zero-order valence-electron chi connectivity index (χ0n) is 10.3. The molecule has 0 radical (unpaired) electrons. The molecule has 20 heavy (non-hydrogen) atoms. The monoisotopic (exact) mass is 328 g/mol. The second kappa shape index (κ2) is 6.88. The molecule has 0 heterocycles. The van der Waals surface area contributed by atoms with Crippen LogP contribution in [0.15, 0.2) is 42.5 Å². The quantitative estimate of drug-likeness (QED) is 0.804. The fourth-order valence-electron chi connectivity index (χ4n) is 1.54. The SMILES string of the molecule is Fc1ccc(CNC(=S)Nc2cc(Cl)ccc2Cl)cc1. The topological polar surface area (TPSA) is 24.1 Å². The molecule has 0 bridgehead atoms. The normalized spacial score (nSPS) is 10.2. The second-order valence-electron chi connectivity index (χ2n) is 4.06. The molecular formula is C14H11Cl2FN2S. The lowest BCUT2D eigenvalue weighted by Crippen LogP contribution is -2.28. The highest BCUT2D eigenvalue weighted by atomic mass is 35.5. The summed E-state index contributed by atoms with van der Waals surface area (Å²) >= 11 is 17.1. The molecular weight excluding hydrogens is 318 g/mol. The van der Waals surface area contributed by atoms with Crippen LogP contribution in [0.2, 0.25) is 10.0 Å². The van der Waals surface area contributed by atoms with Crippen LogP contribution in [-0.4, -0.2) is 5.11 Å². The molecule has 0 spiro atoms. The van der Waals surface area contributed by atoms with Gasteiger partial charge in [0.05, 0.1) is 10.7 Å². The number of anilines is 1. The van der Waals surface area contributed by atoms with E-state index in [1.165, 1.54) is 12.1 Å². The van der Waals surface area contributed by atoms with Gasteiger partial charge in [-0.3, -0.25) is 0 Å². The van der Waals surface area contributed by atoms with Gasteiger partial charge in [0.1, 0.15) is 5.82 Å². The second-order valence-corrected chi connectivity index (χ2v) is 5.31. The molecule has 0 aromatic heterocycles. The standard InChI is InChI=1S/C14H11Cl2FN2S/c15-10-3-6-12(16)13(7-10)19-14(20)18-8-9-1-4-11(17)5-2-9/h1-7H,8H2,(H2,18,19,20). The molecule has 2 N–H and O–H groups in total. The van der Waals surface area contributed by atoms with E-state index in [1.807, 2.05) is 0 Å². The average molecular weight is 329 g/mol. The van der Waals surface area contributed by atoms with E-state index >= 15 is 0 Å². The van der Waals surface area contributed by atoms with Crippen molar-refractivity contribution in [2.24, 2.45) is 0 Å². The largest absolute Gasteiger partial charge is 0.358 e. The Labute approximate surface area is 131 Å². The van der Waals surface area contributed by atoms with Crippen molar-refractivity contribution in [1.29, 1.82) is 0 Å². The Hall–Kier alpha value is -1.36. The molecule has 2 nitrogen and oxygen atoms in total. The third kappa shape index (κ3) is 4.34. The van der Waals surface area contributed by atoms with E-state index in [4.69, 9.17) is 35.4 Å². The Morgan fingerprint density at radius 1 is 1.10 bits per heavy atom. The zero-order valence-corrected chi connectivity index (χ0v) is 12.6. The van der Waals surface area contributed by atoms with E-state index in [9.17, 15) is 4.39 Å². The summed E-state index contributed by atoms with van der Waals surface area (Å²) in [5.74, 6) is -0.264. The van der Waals surface area contributed by atoms with Crippen LogP contribution in [0.5, 0.6) is 0 Å². The number of halogens is 3. The molecule has 2 aromatic rings. The molecule has 0 unspecified atom stereocenters. The number of benzene rings is 2. The third-order valence-electron chi connectivity index (χ3n) is 2.54. The minimum Gasteiger partial charge on any atom is -0.358 e. The molecule has 2 rings (SSSR count). The summed E-state index contributed by atoms with van der Waals surface area (Å²) in [5, 5.41) is 7.48. The number of nitrogens with one attached hydrogen (secondary N) is 2. The highest BCUT2D eigenvalue weighted by Gasteiger charge is 2.03. The summed E-state index contributed by atoms with van der Waals surface area (Å²) in [7, 11) is 0. The lowest BCUT2D eigenvalue weighted by molar-refractivity contribution is 0.627. The molecule has 0 fully saturated rings. The summed E-state index contributed by atoms with van der Waals surface area (Å²) < 4.78 is 12.8. The maximum Gasteiger partial charge on any atom is 0.171 e. The van der Waals surface area contributed by atoms with Gasteiger partial charge in [-0.2, -0.15) is 0 Å². The molecule has 0 aliphatic heterocycles.